The Labute approximate surface area is 116 Å². The summed E-state index contributed by atoms with van der Waals surface area (Å²) in [4.78, 5) is 12.0. The Morgan fingerprint density at radius 1 is 1.33 bits per heavy atom. The second-order valence-electron chi connectivity index (χ2n) is 4.18. The van der Waals surface area contributed by atoms with Gasteiger partial charge in [-0.15, -0.1) is 5.10 Å². The Morgan fingerprint density at radius 2 is 2.05 bits per heavy atom. The van der Waals surface area contributed by atoms with Gasteiger partial charge in [0.15, 0.2) is 5.69 Å². The molecule has 0 fully saturated rings. The molecule has 21 heavy (non-hydrogen) atoms. The Kier molecular flexibility index (Phi) is 4.03. The number of halogens is 4. The zero-order chi connectivity index (χ0) is 15.6. The van der Waals surface area contributed by atoms with Gasteiger partial charge in [0.1, 0.15) is 5.82 Å². The smallest absolute Gasteiger partial charge is 0.329 e. The summed E-state index contributed by atoms with van der Waals surface area (Å²) in [7, 11) is 0. The Bertz CT molecular complexity index is 666. The molecule has 1 heterocycles. The number of carbonyl (C=O) groups excluding carboxylic acids is 1. The molecule has 2 rings (SSSR count). The SMILES string of the molecule is NCCn1cc(C(=O)c2ccc(C(F)(F)F)c(F)c2)nn1. The Morgan fingerprint density at radius 3 is 2.62 bits per heavy atom. The molecular weight excluding hydrogens is 292 g/mol. The minimum absolute atomic E-state index is 0.0948. The average Bonchev–Trinajstić information content (AvgIpc) is 2.85. The third-order valence-electron chi connectivity index (χ3n) is 2.67. The summed E-state index contributed by atoms with van der Waals surface area (Å²) in [6, 6.07) is 1.95. The second-order valence-corrected chi connectivity index (χ2v) is 4.18. The molecule has 9 heteroatoms. The van der Waals surface area contributed by atoms with Gasteiger partial charge in [-0.2, -0.15) is 13.2 Å². The molecule has 0 aliphatic heterocycles. The Balaban J connectivity index is 2.29. The number of nitrogens with zero attached hydrogens (tertiary/aromatic N) is 3. The molecule has 0 aliphatic rings. The molecule has 0 amide bonds. The molecule has 0 saturated heterocycles. The molecule has 0 radical (unpaired) electrons. The van der Waals surface area contributed by atoms with Crippen molar-refractivity contribution in [1.29, 1.82) is 0 Å². The van der Waals surface area contributed by atoms with E-state index >= 15 is 0 Å². The number of nitrogens with two attached hydrogens (primary N) is 1. The van der Waals surface area contributed by atoms with Crippen LogP contribution in [-0.4, -0.2) is 27.3 Å². The third-order valence-corrected chi connectivity index (χ3v) is 2.67. The molecular formula is C12H10F4N4O. The first-order chi connectivity index (χ1) is 9.82. The van der Waals surface area contributed by atoms with Gasteiger partial charge in [-0.1, -0.05) is 11.3 Å². The standard InChI is InChI=1S/C12H10F4N4O/c13-9-5-7(1-2-8(9)12(14,15)16)11(21)10-6-20(4-3-17)19-18-10/h1-2,5-6H,3-4,17H2. The molecule has 0 bridgehead atoms. The van der Waals surface area contributed by atoms with E-state index in [9.17, 15) is 22.4 Å². The summed E-state index contributed by atoms with van der Waals surface area (Å²) in [6.07, 6.45) is -3.51. The minimum atomic E-state index is -4.81. The molecule has 0 aliphatic carbocycles. The van der Waals surface area contributed by atoms with Crippen molar-refractivity contribution < 1.29 is 22.4 Å². The van der Waals surface area contributed by atoms with Crippen LogP contribution in [0.1, 0.15) is 21.6 Å². The van der Waals surface area contributed by atoms with Gasteiger partial charge in [-0.25, -0.2) is 4.39 Å². The highest BCUT2D eigenvalue weighted by Gasteiger charge is 2.34. The van der Waals surface area contributed by atoms with Crippen LogP contribution in [0.2, 0.25) is 0 Å². The Hall–Kier alpha value is -2.29. The zero-order valence-electron chi connectivity index (χ0n) is 10.6. The van der Waals surface area contributed by atoms with Gasteiger partial charge in [-0.3, -0.25) is 9.48 Å². The van der Waals surface area contributed by atoms with Gasteiger partial charge in [0.25, 0.3) is 0 Å². The molecule has 0 spiro atoms. The molecule has 5 nitrogen and oxygen atoms in total. The lowest BCUT2D eigenvalue weighted by Gasteiger charge is -2.08. The van der Waals surface area contributed by atoms with E-state index in [0.29, 0.717) is 18.7 Å². The third kappa shape index (κ3) is 3.24. The van der Waals surface area contributed by atoms with Gasteiger partial charge >= 0.3 is 6.18 Å². The minimum Gasteiger partial charge on any atom is -0.329 e. The first-order valence-corrected chi connectivity index (χ1v) is 5.84. The van der Waals surface area contributed by atoms with Crippen molar-refractivity contribution in [2.24, 2.45) is 5.73 Å². The van der Waals surface area contributed by atoms with Crippen LogP contribution in [0.15, 0.2) is 24.4 Å². The number of ketones is 1. The molecule has 0 atom stereocenters. The number of rotatable bonds is 4. The van der Waals surface area contributed by atoms with Gasteiger partial charge in [0, 0.05) is 12.1 Å². The van der Waals surface area contributed by atoms with E-state index in [1.165, 1.54) is 10.9 Å². The summed E-state index contributed by atoms with van der Waals surface area (Å²) < 4.78 is 52.0. The van der Waals surface area contributed by atoms with E-state index in [4.69, 9.17) is 5.73 Å². The van der Waals surface area contributed by atoms with Crippen LogP contribution in [0.3, 0.4) is 0 Å². The highest BCUT2D eigenvalue weighted by atomic mass is 19.4. The summed E-state index contributed by atoms with van der Waals surface area (Å²) in [5.74, 6) is -2.23. The summed E-state index contributed by atoms with van der Waals surface area (Å²) in [5, 5.41) is 7.20. The van der Waals surface area contributed by atoms with Crippen molar-refractivity contribution in [3.8, 4) is 0 Å². The molecule has 112 valence electrons. The van der Waals surface area contributed by atoms with Crippen LogP contribution in [0.5, 0.6) is 0 Å². The topological polar surface area (TPSA) is 73.8 Å². The maximum absolute atomic E-state index is 13.4. The second kappa shape index (κ2) is 5.60. The zero-order valence-corrected chi connectivity index (χ0v) is 10.6. The fourth-order valence-electron chi connectivity index (χ4n) is 1.68. The van der Waals surface area contributed by atoms with Crippen molar-refractivity contribution in [2.75, 3.05) is 6.54 Å². The van der Waals surface area contributed by atoms with Gasteiger partial charge in [0.2, 0.25) is 5.78 Å². The van der Waals surface area contributed by atoms with Crippen LogP contribution >= 0.6 is 0 Å². The van der Waals surface area contributed by atoms with E-state index in [2.05, 4.69) is 10.3 Å². The van der Waals surface area contributed by atoms with E-state index < -0.39 is 23.3 Å². The highest BCUT2D eigenvalue weighted by molar-refractivity contribution is 6.07. The van der Waals surface area contributed by atoms with Crippen LogP contribution in [0.25, 0.3) is 0 Å². The van der Waals surface area contributed by atoms with E-state index in [1.54, 1.807) is 0 Å². The van der Waals surface area contributed by atoms with E-state index in [1.807, 2.05) is 0 Å². The molecule has 0 saturated carbocycles. The normalized spacial score (nSPS) is 11.7. The van der Waals surface area contributed by atoms with Gasteiger partial charge in [-0.05, 0) is 12.1 Å². The summed E-state index contributed by atoms with van der Waals surface area (Å²) in [6.45, 7) is 0.619. The van der Waals surface area contributed by atoms with Crippen molar-refractivity contribution in [3.63, 3.8) is 0 Å². The largest absolute Gasteiger partial charge is 0.419 e. The number of benzene rings is 1. The predicted octanol–water partition coefficient (Wildman–Crippen LogP) is 1.63. The van der Waals surface area contributed by atoms with Crippen LogP contribution in [0.4, 0.5) is 17.6 Å². The average molecular weight is 302 g/mol. The number of alkyl halides is 3. The van der Waals surface area contributed by atoms with Gasteiger partial charge in [0.05, 0.1) is 18.3 Å². The first-order valence-electron chi connectivity index (χ1n) is 5.84. The van der Waals surface area contributed by atoms with Gasteiger partial charge < -0.3 is 5.73 Å². The van der Waals surface area contributed by atoms with Crippen molar-refractivity contribution in [1.82, 2.24) is 15.0 Å². The highest BCUT2D eigenvalue weighted by Crippen LogP contribution is 2.31. The summed E-state index contributed by atoms with van der Waals surface area (Å²) >= 11 is 0. The lowest BCUT2D eigenvalue weighted by atomic mass is 10.1. The van der Waals surface area contributed by atoms with Crippen molar-refractivity contribution in [3.05, 3.63) is 47.0 Å². The van der Waals surface area contributed by atoms with Crippen LogP contribution in [-0.2, 0) is 12.7 Å². The lowest BCUT2D eigenvalue weighted by Crippen LogP contribution is -2.10. The molecule has 1 aromatic carbocycles. The first kappa shape index (κ1) is 15.1. The number of hydrogen-bond donors (Lipinski definition) is 1. The number of carbonyl (C=O) groups is 1. The molecule has 1 aromatic heterocycles. The molecule has 2 N–H and O–H groups in total. The maximum atomic E-state index is 13.4. The van der Waals surface area contributed by atoms with Crippen molar-refractivity contribution in [2.45, 2.75) is 12.7 Å². The monoisotopic (exact) mass is 302 g/mol. The van der Waals surface area contributed by atoms with E-state index in [-0.39, 0.29) is 17.8 Å². The van der Waals surface area contributed by atoms with Crippen molar-refractivity contribution >= 4 is 5.78 Å². The predicted molar refractivity (Wildman–Crippen MR) is 63.9 cm³/mol. The maximum Gasteiger partial charge on any atom is 0.419 e. The van der Waals surface area contributed by atoms with E-state index in [0.717, 1.165) is 6.07 Å². The summed E-state index contributed by atoms with van der Waals surface area (Å²) in [5.41, 5.74) is 3.55. The van der Waals surface area contributed by atoms with Crippen LogP contribution < -0.4 is 5.73 Å². The molecule has 0 unspecified atom stereocenters. The fourth-order valence-corrected chi connectivity index (χ4v) is 1.68. The lowest BCUT2D eigenvalue weighted by molar-refractivity contribution is -0.140. The quantitative estimate of drug-likeness (QED) is 0.688. The molecule has 2 aromatic rings. The van der Waals surface area contributed by atoms with Crippen LogP contribution in [0, 0.1) is 5.82 Å². The number of hydrogen-bond acceptors (Lipinski definition) is 4. The number of aromatic nitrogens is 3. The fraction of sp³-hybridized carbons (Fsp3) is 0.250.